The first kappa shape index (κ1) is 15.7. The topological polar surface area (TPSA) is 40.5 Å². The number of benzene rings is 3. The second kappa shape index (κ2) is 6.53. The SMILES string of the molecule is Oc1ccc(C(c2ccc(O)cc2)c2ccc(Cl)cc2Cl)cc1. The molecule has 0 saturated heterocycles. The summed E-state index contributed by atoms with van der Waals surface area (Å²) < 4.78 is 0. The van der Waals surface area contributed by atoms with Crippen LogP contribution in [0.3, 0.4) is 0 Å². The second-order valence-corrected chi connectivity index (χ2v) is 6.13. The number of halogens is 2. The molecule has 2 N–H and O–H groups in total. The Morgan fingerprint density at radius 3 is 1.57 bits per heavy atom. The second-order valence-electron chi connectivity index (χ2n) is 5.28. The van der Waals surface area contributed by atoms with Crippen molar-refractivity contribution in [3.63, 3.8) is 0 Å². The molecule has 116 valence electrons. The van der Waals surface area contributed by atoms with Crippen LogP contribution in [0.15, 0.2) is 66.7 Å². The van der Waals surface area contributed by atoms with E-state index < -0.39 is 0 Å². The number of phenolic OH excluding ortho intramolecular Hbond substituents is 2. The molecule has 0 aromatic heterocycles. The lowest BCUT2D eigenvalue weighted by Crippen LogP contribution is -2.04. The monoisotopic (exact) mass is 344 g/mol. The Bertz CT molecular complexity index is 766. The van der Waals surface area contributed by atoms with Gasteiger partial charge in [0.05, 0.1) is 0 Å². The fourth-order valence-electron chi connectivity index (χ4n) is 2.62. The van der Waals surface area contributed by atoms with E-state index >= 15 is 0 Å². The largest absolute Gasteiger partial charge is 0.508 e. The zero-order valence-corrected chi connectivity index (χ0v) is 13.6. The van der Waals surface area contributed by atoms with Crippen molar-refractivity contribution in [1.82, 2.24) is 0 Å². The number of rotatable bonds is 3. The van der Waals surface area contributed by atoms with Gasteiger partial charge < -0.3 is 10.2 Å². The molecular weight excluding hydrogens is 331 g/mol. The molecule has 0 aliphatic heterocycles. The minimum Gasteiger partial charge on any atom is -0.508 e. The molecule has 0 atom stereocenters. The highest BCUT2D eigenvalue weighted by Gasteiger charge is 2.19. The van der Waals surface area contributed by atoms with Crippen molar-refractivity contribution >= 4 is 23.2 Å². The smallest absolute Gasteiger partial charge is 0.115 e. The summed E-state index contributed by atoms with van der Waals surface area (Å²) in [6.07, 6.45) is 0. The van der Waals surface area contributed by atoms with Crippen LogP contribution in [0.25, 0.3) is 0 Å². The van der Waals surface area contributed by atoms with E-state index in [1.165, 1.54) is 0 Å². The van der Waals surface area contributed by atoms with Crippen LogP contribution in [0.4, 0.5) is 0 Å². The van der Waals surface area contributed by atoms with E-state index in [4.69, 9.17) is 23.2 Å². The third-order valence-electron chi connectivity index (χ3n) is 3.73. The molecule has 4 heteroatoms. The highest BCUT2D eigenvalue weighted by atomic mass is 35.5. The molecule has 0 aliphatic carbocycles. The molecule has 2 nitrogen and oxygen atoms in total. The van der Waals surface area contributed by atoms with Gasteiger partial charge in [0.2, 0.25) is 0 Å². The minimum absolute atomic E-state index is 0.124. The van der Waals surface area contributed by atoms with Crippen LogP contribution in [-0.4, -0.2) is 10.2 Å². The van der Waals surface area contributed by atoms with Crippen molar-refractivity contribution in [2.75, 3.05) is 0 Å². The molecule has 3 aromatic carbocycles. The number of hydrogen-bond donors (Lipinski definition) is 2. The Kier molecular flexibility index (Phi) is 4.46. The van der Waals surface area contributed by atoms with Crippen LogP contribution in [0.1, 0.15) is 22.6 Å². The Labute approximate surface area is 144 Å². The van der Waals surface area contributed by atoms with Crippen molar-refractivity contribution in [1.29, 1.82) is 0 Å². The number of aromatic hydroxyl groups is 2. The first-order valence-electron chi connectivity index (χ1n) is 7.07. The molecule has 0 radical (unpaired) electrons. The van der Waals surface area contributed by atoms with Gasteiger partial charge in [-0.1, -0.05) is 53.5 Å². The van der Waals surface area contributed by atoms with E-state index in [0.717, 1.165) is 16.7 Å². The van der Waals surface area contributed by atoms with Crippen LogP contribution in [0.5, 0.6) is 11.5 Å². The molecule has 0 spiro atoms. The standard InChI is InChI=1S/C19H14Cl2O2/c20-14-5-10-17(18(21)11-14)19(12-1-6-15(22)7-2-12)13-3-8-16(23)9-4-13/h1-11,19,22-23H. The lowest BCUT2D eigenvalue weighted by Gasteiger charge is -2.20. The number of phenols is 2. The molecule has 0 saturated carbocycles. The number of hydrogen-bond acceptors (Lipinski definition) is 2. The van der Waals surface area contributed by atoms with Crippen molar-refractivity contribution in [3.8, 4) is 11.5 Å². The first-order valence-corrected chi connectivity index (χ1v) is 7.83. The average Bonchev–Trinajstić information content (AvgIpc) is 2.53. The van der Waals surface area contributed by atoms with Crippen LogP contribution < -0.4 is 0 Å². The Morgan fingerprint density at radius 1 is 0.652 bits per heavy atom. The Hall–Kier alpha value is -2.16. The lowest BCUT2D eigenvalue weighted by atomic mass is 9.85. The molecule has 0 heterocycles. The van der Waals surface area contributed by atoms with Crippen molar-refractivity contribution in [3.05, 3.63) is 93.5 Å². The molecule has 23 heavy (non-hydrogen) atoms. The highest BCUT2D eigenvalue weighted by molar-refractivity contribution is 6.35. The zero-order valence-electron chi connectivity index (χ0n) is 12.1. The van der Waals surface area contributed by atoms with E-state index in [2.05, 4.69) is 0 Å². The van der Waals surface area contributed by atoms with E-state index in [0.29, 0.717) is 10.0 Å². The minimum atomic E-state index is -0.124. The van der Waals surface area contributed by atoms with E-state index in [9.17, 15) is 10.2 Å². The normalized spacial score (nSPS) is 10.9. The summed E-state index contributed by atoms with van der Waals surface area (Å²) in [5, 5.41) is 20.2. The van der Waals surface area contributed by atoms with Gasteiger partial charge in [0.25, 0.3) is 0 Å². The van der Waals surface area contributed by atoms with Crippen molar-refractivity contribution in [2.24, 2.45) is 0 Å². The molecule has 0 aliphatic rings. The van der Waals surface area contributed by atoms with Crippen LogP contribution in [0, 0.1) is 0 Å². The maximum absolute atomic E-state index is 9.53. The molecule has 0 bridgehead atoms. The van der Waals surface area contributed by atoms with Crippen LogP contribution in [-0.2, 0) is 0 Å². The molecular formula is C19H14Cl2O2. The van der Waals surface area contributed by atoms with Gasteiger partial charge in [-0.2, -0.15) is 0 Å². The quantitative estimate of drug-likeness (QED) is 0.608. The summed E-state index contributed by atoms with van der Waals surface area (Å²) in [7, 11) is 0. The highest BCUT2D eigenvalue weighted by Crippen LogP contribution is 2.37. The third kappa shape index (κ3) is 3.44. The van der Waals surface area contributed by atoms with Gasteiger partial charge in [-0.05, 0) is 53.1 Å². The summed E-state index contributed by atoms with van der Waals surface area (Å²) in [5.74, 6) is 0.293. The van der Waals surface area contributed by atoms with Crippen molar-refractivity contribution in [2.45, 2.75) is 5.92 Å². The zero-order chi connectivity index (χ0) is 16.4. The third-order valence-corrected chi connectivity index (χ3v) is 4.29. The van der Waals surface area contributed by atoms with Gasteiger partial charge in [-0.15, -0.1) is 0 Å². The van der Waals surface area contributed by atoms with Crippen LogP contribution >= 0.6 is 23.2 Å². The van der Waals surface area contributed by atoms with Crippen LogP contribution in [0.2, 0.25) is 10.0 Å². The predicted molar refractivity (Wildman–Crippen MR) is 93.6 cm³/mol. The average molecular weight is 345 g/mol. The van der Waals surface area contributed by atoms with E-state index in [1.54, 1.807) is 36.4 Å². The van der Waals surface area contributed by atoms with Gasteiger partial charge in [0.1, 0.15) is 11.5 Å². The predicted octanol–water partition coefficient (Wildman–Crippen LogP) is 5.58. The summed E-state index contributed by atoms with van der Waals surface area (Å²) in [6, 6.07) is 19.4. The fourth-order valence-corrected chi connectivity index (χ4v) is 3.14. The van der Waals surface area contributed by atoms with E-state index in [-0.39, 0.29) is 17.4 Å². The van der Waals surface area contributed by atoms with Gasteiger partial charge in [-0.3, -0.25) is 0 Å². The summed E-state index contributed by atoms with van der Waals surface area (Å²) in [4.78, 5) is 0. The van der Waals surface area contributed by atoms with Gasteiger partial charge >= 0.3 is 0 Å². The Balaban J connectivity index is 2.16. The lowest BCUT2D eigenvalue weighted by molar-refractivity contribution is 0.475. The summed E-state index contributed by atoms with van der Waals surface area (Å²) in [5.41, 5.74) is 2.88. The van der Waals surface area contributed by atoms with Crippen molar-refractivity contribution < 1.29 is 10.2 Å². The fraction of sp³-hybridized carbons (Fsp3) is 0.0526. The molecule has 3 aromatic rings. The van der Waals surface area contributed by atoms with Gasteiger partial charge in [0.15, 0.2) is 0 Å². The maximum Gasteiger partial charge on any atom is 0.115 e. The Morgan fingerprint density at radius 2 is 1.13 bits per heavy atom. The first-order chi connectivity index (χ1) is 11.0. The summed E-state index contributed by atoms with van der Waals surface area (Å²) in [6.45, 7) is 0. The van der Waals surface area contributed by atoms with Gasteiger partial charge in [0, 0.05) is 16.0 Å². The summed E-state index contributed by atoms with van der Waals surface area (Å²) >= 11 is 12.4. The molecule has 3 rings (SSSR count). The van der Waals surface area contributed by atoms with Gasteiger partial charge in [-0.25, -0.2) is 0 Å². The molecule has 0 unspecified atom stereocenters. The molecule has 0 fully saturated rings. The molecule has 0 amide bonds. The maximum atomic E-state index is 9.53. The van der Waals surface area contributed by atoms with E-state index in [1.807, 2.05) is 30.3 Å².